The van der Waals surface area contributed by atoms with Gasteiger partial charge in [0, 0.05) is 32.4 Å². The molecule has 0 radical (unpaired) electrons. The number of rotatable bonds is 3. The van der Waals surface area contributed by atoms with Crippen molar-refractivity contribution in [3.63, 3.8) is 0 Å². The van der Waals surface area contributed by atoms with Crippen molar-refractivity contribution in [2.24, 2.45) is 0 Å². The maximum absolute atomic E-state index is 13.5. The van der Waals surface area contributed by atoms with Crippen LogP contribution in [-0.4, -0.2) is 59.5 Å². The van der Waals surface area contributed by atoms with Crippen LogP contribution in [0.15, 0.2) is 17.3 Å². The Labute approximate surface area is 186 Å². The summed E-state index contributed by atoms with van der Waals surface area (Å²) in [5, 5.41) is 4.30. The second-order valence-electron chi connectivity index (χ2n) is 9.49. The topological polar surface area (TPSA) is 75.5 Å². The SMILES string of the molecule is Cc1c(C)c(C)c(S(=O)(=O)N2CCN(C(=O)c3cnn(C(C)(C)C)c3)CC2)c(C)c1C. The average Bonchev–Trinajstić information content (AvgIpc) is 3.21. The van der Waals surface area contributed by atoms with E-state index in [4.69, 9.17) is 0 Å². The highest BCUT2D eigenvalue weighted by Gasteiger charge is 2.34. The summed E-state index contributed by atoms with van der Waals surface area (Å²) >= 11 is 0. The van der Waals surface area contributed by atoms with Gasteiger partial charge in [0.1, 0.15) is 0 Å². The molecule has 1 aromatic carbocycles. The van der Waals surface area contributed by atoms with Gasteiger partial charge in [0.25, 0.3) is 5.91 Å². The number of benzene rings is 1. The van der Waals surface area contributed by atoms with Crippen LogP contribution in [0.3, 0.4) is 0 Å². The number of hydrogen-bond donors (Lipinski definition) is 0. The lowest BCUT2D eigenvalue weighted by Gasteiger charge is -2.34. The standard InChI is InChI=1S/C23H34N4O3S/c1-15-16(2)18(4)21(19(5)17(15)3)31(29,30)26-11-9-25(10-12-26)22(28)20-13-24-27(14-20)23(6,7)8/h13-14H,9-12H2,1-8H3. The zero-order valence-electron chi connectivity index (χ0n) is 19.9. The smallest absolute Gasteiger partial charge is 0.257 e. The van der Waals surface area contributed by atoms with Crippen molar-refractivity contribution < 1.29 is 13.2 Å². The molecule has 0 aliphatic carbocycles. The fourth-order valence-corrected chi connectivity index (χ4v) is 6.08. The van der Waals surface area contributed by atoms with Gasteiger partial charge in [0.2, 0.25) is 10.0 Å². The molecule has 31 heavy (non-hydrogen) atoms. The van der Waals surface area contributed by atoms with Crippen molar-refractivity contribution in [3.05, 3.63) is 45.8 Å². The Morgan fingerprint density at radius 2 is 1.35 bits per heavy atom. The molecule has 1 aliphatic rings. The van der Waals surface area contributed by atoms with Crippen molar-refractivity contribution in [1.82, 2.24) is 19.0 Å². The minimum Gasteiger partial charge on any atom is -0.336 e. The van der Waals surface area contributed by atoms with E-state index in [-0.39, 0.29) is 24.5 Å². The Morgan fingerprint density at radius 3 is 1.81 bits per heavy atom. The zero-order valence-corrected chi connectivity index (χ0v) is 20.7. The number of amides is 1. The number of piperazine rings is 1. The summed E-state index contributed by atoms with van der Waals surface area (Å²) in [6.45, 7) is 17.1. The van der Waals surface area contributed by atoms with Crippen molar-refractivity contribution >= 4 is 15.9 Å². The molecule has 2 heterocycles. The van der Waals surface area contributed by atoms with Crippen molar-refractivity contribution in [1.29, 1.82) is 0 Å². The highest BCUT2D eigenvalue weighted by molar-refractivity contribution is 7.89. The molecule has 0 unspecified atom stereocenters. The van der Waals surface area contributed by atoms with Crippen LogP contribution in [0.5, 0.6) is 0 Å². The molecule has 1 aromatic heterocycles. The van der Waals surface area contributed by atoms with E-state index in [1.54, 1.807) is 22.0 Å². The van der Waals surface area contributed by atoms with Gasteiger partial charge in [-0.1, -0.05) is 0 Å². The van der Waals surface area contributed by atoms with Crippen molar-refractivity contribution in [2.75, 3.05) is 26.2 Å². The summed E-state index contributed by atoms with van der Waals surface area (Å²) in [4.78, 5) is 15.0. The summed E-state index contributed by atoms with van der Waals surface area (Å²) < 4.78 is 30.3. The van der Waals surface area contributed by atoms with E-state index in [2.05, 4.69) is 5.10 Å². The molecule has 0 N–H and O–H groups in total. The minimum atomic E-state index is -3.64. The molecule has 7 nitrogen and oxygen atoms in total. The molecule has 1 aliphatic heterocycles. The molecule has 1 amide bonds. The number of sulfonamides is 1. The molecule has 0 bridgehead atoms. The number of hydrogen-bond acceptors (Lipinski definition) is 4. The Balaban J connectivity index is 1.80. The Hall–Kier alpha value is -2.19. The normalized spacial score (nSPS) is 16.1. The number of carbonyl (C=O) groups is 1. The van der Waals surface area contributed by atoms with Gasteiger partial charge >= 0.3 is 0 Å². The third-order valence-electron chi connectivity index (χ3n) is 6.57. The second-order valence-corrected chi connectivity index (χ2v) is 11.4. The van der Waals surface area contributed by atoms with E-state index in [1.165, 1.54) is 4.31 Å². The van der Waals surface area contributed by atoms with Gasteiger partial charge in [-0.25, -0.2) is 8.42 Å². The summed E-state index contributed by atoms with van der Waals surface area (Å²) in [6.07, 6.45) is 3.34. The largest absolute Gasteiger partial charge is 0.336 e. The van der Waals surface area contributed by atoms with Gasteiger partial charge in [-0.2, -0.15) is 9.40 Å². The zero-order chi connectivity index (χ0) is 23.3. The van der Waals surface area contributed by atoms with Gasteiger partial charge in [0.05, 0.1) is 22.2 Å². The van der Waals surface area contributed by atoms with Crippen LogP contribution in [0, 0.1) is 34.6 Å². The number of nitrogens with zero attached hydrogens (tertiary/aromatic N) is 4. The number of aromatic nitrogens is 2. The Morgan fingerprint density at radius 1 is 0.871 bits per heavy atom. The van der Waals surface area contributed by atoms with Gasteiger partial charge in [-0.3, -0.25) is 9.48 Å². The first kappa shape index (κ1) is 23.5. The van der Waals surface area contributed by atoms with Crippen LogP contribution >= 0.6 is 0 Å². The van der Waals surface area contributed by atoms with Crippen LogP contribution < -0.4 is 0 Å². The van der Waals surface area contributed by atoms with Crippen LogP contribution in [0.2, 0.25) is 0 Å². The molecular formula is C23H34N4O3S. The lowest BCUT2D eigenvalue weighted by Crippen LogP contribution is -2.50. The maximum Gasteiger partial charge on any atom is 0.257 e. The van der Waals surface area contributed by atoms with E-state index in [0.29, 0.717) is 23.5 Å². The monoisotopic (exact) mass is 446 g/mol. The maximum atomic E-state index is 13.5. The van der Waals surface area contributed by atoms with E-state index in [0.717, 1.165) is 27.8 Å². The summed E-state index contributed by atoms with van der Waals surface area (Å²) in [7, 11) is -3.64. The first-order valence-corrected chi connectivity index (χ1v) is 12.1. The van der Waals surface area contributed by atoms with Crippen LogP contribution in [0.25, 0.3) is 0 Å². The molecular weight excluding hydrogens is 412 g/mol. The predicted octanol–water partition coefficient (Wildman–Crippen LogP) is 3.33. The molecule has 3 rings (SSSR count). The third kappa shape index (κ3) is 4.15. The van der Waals surface area contributed by atoms with Gasteiger partial charge < -0.3 is 4.90 Å². The molecule has 0 spiro atoms. The molecule has 1 fully saturated rings. The summed E-state index contributed by atoms with van der Waals surface area (Å²) in [6, 6.07) is 0. The molecule has 0 atom stereocenters. The molecule has 170 valence electrons. The molecule has 2 aromatic rings. The average molecular weight is 447 g/mol. The van der Waals surface area contributed by atoms with Gasteiger partial charge in [-0.15, -0.1) is 0 Å². The van der Waals surface area contributed by atoms with Gasteiger partial charge in [0.15, 0.2) is 0 Å². The van der Waals surface area contributed by atoms with E-state index < -0.39 is 10.0 Å². The molecule has 0 saturated carbocycles. The third-order valence-corrected chi connectivity index (χ3v) is 8.75. The molecule has 8 heteroatoms. The fraction of sp³-hybridized carbons (Fsp3) is 0.565. The lowest BCUT2D eigenvalue weighted by atomic mass is 9.95. The summed E-state index contributed by atoms with van der Waals surface area (Å²) in [5.41, 5.74) is 5.13. The van der Waals surface area contributed by atoms with Crippen LogP contribution in [-0.2, 0) is 15.6 Å². The van der Waals surface area contributed by atoms with E-state index in [1.807, 2.05) is 55.4 Å². The Bertz CT molecular complexity index is 1090. The highest BCUT2D eigenvalue weighted by Crippen LogP contribution is 2.32. The highest BCUT2D eigenvalue weighted by atomic mass is 32.2. The van der Waals surface area contributed by atoms with Crippen LogP contribution in [0.4, 0.5) is 0 Å². The predicted molar refractivity (Wildman–Crippen MR) is 122 cm³/mol. The van der Waals surface area contributed by atoms with Gasteiger partial charge in [-0.05, 0) is 83.2 Å². The first-order chi connectivity index (χ1) is 14.3. The van der Waals surface area contributed by atoms with E-state index >= 15 is 0 Å². The number of carbonyl (C=O) groups excluding carboxylic acids is 1. The van der Waals surface area contributed by atoms with Crippen molar-refractivity contribution in [2.45, 2.75) is 65.8 Å². The fourth-order valence-electron chi connectivity index (χ4n) is 4.10. The summed E-state index contributed by atoms with van der Waals surface area (Å²) in [5.74, 6) is -0.109. The quantitative estimate of drug-likeness (QED) is 0.725. The minimum absolute atomic E-state index is 0.109. The lowest BCUT2D eigenvalue weighted by molar-refractivity contribution is 0.0697. The van der Waals surface area contributed by atoms with E-state index in [9.17, 15) is 13.2 Å². The van der Waals surface area contributed by atoms with Crippen LogP contribution in [0.1, 0.15) is 58.9 Å². The van der Waals surface area contributed by atoms with Crippen molar-refractivity contribution in [3.8, 4) is 0 Å². The first-order valence-electron chi connectivity index (χ1n) is 10.7. The second kappa shape index (κ2) is 8.06. The Kier molecular flexibility index (Phi) is 6.10. The molecule has 1 saturated heterocycles.